The first-order valence-corrected chi connectivity index (χ1v) is 6.94. The highest BCUT2D eigenvalue weighted by atomic mass is 16.5. The maximum Gasteiger partial charge on any atom is 0.408 e. The largest absolute Gasteiger partial charge is 0.469 e. The summed E-state index contributed by atoms with van der Waals surface area (Å²) >= 11 is 0. The van der Waals surface area contributed by atoms with E-state index in [0.29, 0.717) is 6.42 Å². The number of hydrogen-bond donors (Lipinski definition) is 2. The number of rotatable bonds is 6. The molecule has 0 aromatic heterocycles. The van der Waals surface area contributed by atoms with Crippen LogP contribution < -0.4 is 10.6 Å². The molecule has 1 heterocycles. The summed E-state index contributed by atoms with van der Waals surface area (Å²) in [6.45, 7) is 0.133. The van der Waals surface area contributed by atoms with Crippen molar-refractivity contribution in [1.29, 1.82) is 0 Å². The molecule has 118 valence electrons. The molecule has 1 aromatic carbocycles. The fraction of sp³-hybridized carbons (Fsp3) is 0.400. The summed E-state index contributed by atoms with van der Waals surface area (Å²) in [6.07, 6.45) is -0.0763. The Morgan fingerprint density at radius 3 is 2.64 bits per heavy atom. The van der Waals surface area contributed by atoms with Gasteiger partial charge in [0.25, 0.3) is 0 Å². The lowest BCUT2D eigenvalue weighted by atomic mass is 9.94. The lowest BCUT2D eigenvalue weighted by Gasteiger charge is -2.36. The summed E-state index contributed by atoms with van der Waals surface area (Å²) in [5.41, 5.74) is 0.859. The quantitative estimate of drug-likeness (QED) is 0.597. The first kappa shape index (κ1) is 15.8. The Kier molecular flexibility index (Phi) is 5.35. The molecule has 0 aliphatic carbocycles. The molecular weight excluding hydrogens is 288 g/mol. The van der Waals surface area contributed by atoms with Crippen molar-refractivity contribution in [2.75, 3.05) is 7.11 Å². The van der Waals surface area contributed by atoms with E-state index in [-0.39, 0.29) is 30.9 Å². The minimum Gasteiger partial charge on any atom is -0.469 e. The smallest absolute Gasteiger partial charge is 0.408 e. The maximum absolute atomic E-state index is 11.7. The number of amides is 2. The van der Waals surface area contributed by atoms with Crippen molar-refractivity contribution in [3.05, 3.63) is 35.9 Å². The van der Waals surface area contributed by atoms with Crippen LogP contribution in [-0.4, -0.2) is 37.2 Å². The molecule has 1 aliphatic heterocycles. The van der Waals surface area contributed by atoms with Crippen molar-refractivity contribution in [2.45, 2.75) is 31.5 Å². The summed E-state index contributed by atoms with van der Waals surface area (Å²) in [6, 6.07) is 8.28. The van der Waals surface area contributed by atoms with Crippen LogP contribution >= 0.6 is 0 Å². The van der Waals surface area contributed by atoms with Gasteiger partial charge in [-0.25, -0.2) is 4.79 Å². The number of hydrogen-bond acceptors (Lipinski definition) is 5. The van der Waals surface area contributed by atoms with Gasteiger partial charge in [-0.1, -0.05) is 30.3 Å². The van der Waals surface area contributed by atoms with Gasteiger partial charge in [0.1, 0.15) is 12.6 Å². The zero-order chi connectivity index (χ0) is 15.9. The highest BCUT2D eigenvalue weighted by molar-refractivity contribution is 5.92. The van der Waals surface area contributed by atoms with Crippen molar-refractivity contribution in [3.8, 4) is 0 Å². The van der Waals surface area contributed by atoms with Crippen LogP contribution in [0.25, 0.3) is 0 Å². The van der Waals surface area contributed by atoms with Crippen molar-refractivity contribution in [1.82, 2.24) is 10.6 Å². The van der Waals surface area contributed by atoms with Crippen molar-refractivity contribution >= 4 is 18.0 Å². The number of esters is 1. The summed E-state index contributed by atoms with van der Waals surface area (Å²) in [4.78, 5) is 34.2. The zero-order valence-corrected chi connectivity index (χ0v) is 12.2. The molecule has 22 heavy (non-hydrogen) atoms. The second-order valence-electron chi connectivity index (χ2n) is 4.91. The van der Waals surface area contributed by atoms with Gasteiger partial charge in [-0.15, -0.1) is 0 Å². The number of carbonyl (C=O) groups excluding carboxylic acids is 3. The first-order chi connectivity index (χ1) is 10.6. The van der Waals surface area contributed by atoms with Crippen LogP contribution in [-0.2, 0) is 25.7 Å². The lowest BCUT2D eigenvalue weighted by molar-refractivity contribution is -0.142. The molecule has 1 aromatic rings. The van der Waals surface area contributed by atoms with Crippen LogP contribution in [0.2, 0.25) is 0 Å². The van der Waals surface area contributed by atoms with Crippen molar-refractivity contribution in [3.63, 3.8) is 0 Å². The van der Waals surface area contributed by atoms with Crippen molar-refractivity contribution in [2.24, 2.45) is 0 Å². The van der Waals surface area contributed by atoms with Gasteiger partial charge in [0.05, 0.1) is 13.2 Å². The Bertz CT molecular complexity index is 546. The van der Waals surface area contributed by atoms with Crippen LogP contribution in [0.5, 0.6) is 0 Å². The standard InChI is InChI=1S/C15H18N2O5/c1-21-12(18)8-7-11-13(14(19)16-11)17-15(20)22-9-10-5-3-2-4-6-10/h2-6,11,13H,7-9H2,1H3,(H,16,19)(H,17,20). The van der Waals surface area contributed by atoms with Gasteiger partial charge in [-0.05, 0) is 12.0 Å². The monoisotopic (exact) mass is 306 g/mol. The fourth-order valence-corrected chi connectivity index (χ4v) is 2.11. The third kappa shape index (κ3) is 4.21. The Balaban J connectivity index is 1.75. The number of carbonyl (C=O) groups is 3. The Hall–Kier alpha value is -2.57. The fourth-order valence-electron chi connectivity index (χ4n) is 2.11. The van der Waals surface area contributed by atoms with Crippen LogP contribution in [0, 0.1) is 0 Å². The van der Waals surface area contributed by atoms with Gasteiger partial charge in [0.15, 0.2) is 0 Å². The van der Waals surface area contributed by atoms with E-state index in [2.05, 4.69) is 15.4 Å². The number of nitrogens with one attached hydrogen (secondary N) is 2. The van der Waals surface area contributed by atoms with E-state index in [1.54, 1.807) is 0 Å². The minimum absolute atomic E-state index is 0.133. The predicted octanol–water partition coefficient (Wildman–Crippen LogP) is 0.733. The highest BCUT2D eigenvalue weighted by Gasteiger charge is 2.40. The minimum atomic E-state index is -0.673. The molecule has 0 saturated carbocycles. The molecule has 2 amide bonds. The third-order valence-corrected chi connectivity index (χ3v) is 3.39. The highest BCUT2D eigenvalue weighted by Crippen LogP contribution is 2.13. The molecule has 7 heteroatoms. The Morgan fingerprint density at radius 1 is 1.27 bits per heavy atom. The summed E-state index contributed by atoms with van der Waals surface area (Å²) in [5, 5.41) is 5.14. The molecule has 0 spiro atoms. The molecule has 0 bridgehead atoms. The molecule has 7 nitrogen and oxygen atoms in total. The van der Waals surface area contributed by atoms with E-state index in [1.807, 2.05) is 30.3 Å². The normalized spacial score (nSPS) is 19.6. The molecule has 0 radical (unpaired) electrons. The van der Waals surface area contributed by atoms with Gasteiger partial charge in [0, 0.05) is 6.42 Å². The molecule has 2 N–H and O–H groups in total. The first-order valence-electron chi connectivity index (χ1n) is 6.94. The van der Waals surface area contributed by atoms with Gasteiger partial charge in [-0.3, -0.25) is 9.59 Å². The van der Waals surface area contributed by atoms with E-state index < -0.39 is 12.1 Å². The van der Waals surface area contributed by atoms with Crippen LogP contribution in [0.3, 0.4) is 0 Å². The molecule has 2 atom stereocenters. The average molecular weight is 306 g/mol. The van der Waals surface area contributed by atoms with E-state index >= 15 is 0 Å². The van der Waals surface area contributed by atoms with Crippen LogP contribution in [0.4, 0.5) is 4.79 Å². The maximum atomic E-state index is 11.7. The van der Waals surface area contributed by atoms with E-state index in [4.69, 9.17) is 4.74 Å². The zero-order valence-electron chi connectivity index (χ0n) is 12.2. The second-order valence-corrected chi connectivity index (χ2v) is 4.91. The molecule has 2 unspecified atom stereocenters. The summed E-state index contributed by atoms with van der Waals surface area (Å²) in [5.74, 6) is -0.641. The topological polar surface area (TPSA) is 93.7 Å². The van der Waals surface area contributed by atoms with E-state index in [0.717, 1.165) is 5.56 Å². The van der Waals surface area contributed by atoms with Gasteiger partial charge in [0.2, 0.25) is 5.91 Å². The molecule has 2 rings (SSSR count). The number of alkyl carbamates (subject to hydrolysis) is 1. The van der Waals surface area contributed by atoms with E-state index in [1.165, 1.54) is 7.11 Å². The van der Waals surface area contributed by atoms with Gasteiger partial charge >= 0.3 is 12.1 Å². The average Bonchev–Trinajstić information content (AvgIpc) is 2.55. The molecule has 1 aliphatic rings. The predicted molar refractivity (Wildman–Crippen MR) is 76.7 cm³/mol. The molecular formula is C15H18N2O5. The second kappa shape index (κ2) is 7.44. The van der Waals surface area contributed by atoms with Crippen molar-refractivity contribution < 1.29 is 23.9 Å². The Labute approximate surface area is 128 Å². The van der Waals surface area contributed by atoms with Crippen LogP contribution in [0.1, 0.15) is 18.4 Å². The number of ether oxygens (including phenoxy) is 2. The number of benzene rings is 1. The van der Waals surface area contributed by atoms with E-state index in [9.17, 15) is 14.4 Å². The lowest BCUT2D eigenvalue weighted by Crippen LogP contribution is -2.69. The molecule has 1 fully saturated rings. The van der Waals surface area contributed by atoms with Crippen LogP contribution in [0.15, 0.2) is 30.3 Å². The number of β-lactam (4-membered cyclic amide) rings is 1. The number of methoxy groups -OCH3 is 1. The summed E-state index contributed by atoms with van der Waals surface area (Å²) < 4.78 is 9.59. The molecule has 1 saturated heterocycles. The SMILES string of the molecule is COC(=O)CCC1NC(=O)C1NC(=O)OCc1ccccc1. The van der Waals surface area contributed by atoms with Gasteiger partial charge in [-0.2, -0.15) is 0 Å². The third-order valence-electron chi connectivity index (χ3n) is 3.39. The Morgan fingerprint density at radius 2 is 2.00 bits per heavy atom. The summed E-state index contributed by atoms with van der Waals surface area (Å²) in [7, 11) is 1.30. The van der Waals surface area contributed by atoms with Gasteiger partial charge < -0.3 is 20.1 Å².